The minimum absolute atomic E-state index is 0.0444. The van der Waals surface area contributed by atoms with Crippen molar-refractivity contribution >= 4 is 35.0 Å². The van der Waals surface area contributed by atoms with Gasteiger partial charge in [-0.3, -0.25) is 9.59 Å². The molecule has 0 aliphatic carbocycles. The fourth-order valence-electron chi connectivity index (χ4n) is 2.98. The maximum atomic E-state index is 12.6. The fourth-order valence-corrected chi connectivity index (χ4v) is 3.47. The number of hydrogen-bond donors (Lipinski definition) is 1. The van der Waals surface area contributed by atoms with Gasteiger partial charge in [-0.05, 0) is 30.3 Å². The molecule has 1 saturated heterocycles. The Bertz CT molecular complexity index is 867. The van der Waals surface area contributed by atoms with Crippen LogP contribution in [0.2, 0.25) is 10.0 Å². The number of halogens is 2. The van der Waals surface area contributed by atoms with Gasteiger partial charge in [-0.2, -0.15) is 0 Å². The van der Waals surface area contributed by atoms with Crippen molar-refractivity contribution in [3.63, 3.8) is 0 Å². The summed E-state index contributed by atoms with van der Waals surface area (Å²) >= 11 is 12.0. The summed E-state index contributed by atoms with van der Waals surface area (Å²) in [5.41, 5.74) is 0.405. The summed E-state index contributed by atoms with van der Waals surface area (Å²) in [6.07, 6.45) is 0.200. The number of hydrogen-bond acceptors (Lipinski definition) is 4. The summed E-state index contributed by atoms with van der Waals surface area (Å²) in [4.78, 5) is 28.4. The summed E-state index contributed by atoms with van der Waals surface area (Å²) in [7, 11) is 0. The lowest BCUT2D eigenvalue weighted by atomic mass is 10.1. The number of phenolic OH excluding ortho intramolecular Hbond substituents is 1. The van der Waals surface area contributed by atoms with Gasteiger partial charge in [-0.25, -0.2) is 0 Å². The molecule has 2 amide bonds. The van der Waals surface area contributed by atoms with Crippen molar-refractivity contribution in [1.82, 2.24) is 9.80 Å². The number of carbonyl (C=O) groups is 2. The Balaban J connectivity index is 1.47. The third-order valence-electron chi connectivity index (χ3n) is 4.52. The average Bonchev–Trinajstić information content (AvgIpc) is 2.69. The van der Waals surface area contributed by atoms with Gasteiger partial charge in [0.15, 0.2) is 11.5 Å². The Hall–Kier alpha value is -2.44. The third-order valence-corrected chi connectivity index (χ3v) is 5.07. The van der Waals surface area contributed by atoms with Crippen LogP contribution in [0.15, 0.2) is 42.5 Å². The van der Waals surface area contributed by atoms with Gasteiger partial charge < -0.3 is 19.6 Å². The van der Waals surface area contributed by atoms with Crippen molar-refractivity contribution in [3.8, 4) is 11.5 Å². The molecule has 0 saturated carbocycles. The molecule has 1 aliphatic rings. The molecule has 6 nitrogen and oxygen atoms in total. The molecule has 148 valence electrons. The molecule has 0 spiro atoms. The SMILES string of the molecule is O=C(CCOc1ccccc1O)N1CCN(C(=O)c2ccc(Cl)cc2Cl)CC1. The van der Waals surface area contributed by atoms with E-state index in [1.165, 1.54) is 6.07 Å². The minimum Gasteiger partial charge on any atom is -0.504 e. The van der Waals surface area contributed by atoms with Crippen LogP contribution in [-0.2, 0) is 4.79 Å². The number of benzene rings is 2. The Labute approximate surface area is 173 Å². The van der Waals surface area contributed by atoms with Crippen LogP contribution in [0.1, 0.15) is 16.8 Å². The largest absolute Gasteiger partial charge is 0.504 e. The Morgan fingerprint density at radius 3 is 2.36 bits per heavy atom. The van der Waals surface area contributed by atoms with Crippen molar-refractivity contribution < 1.29 is 19.4 Å². The summed E-state index contributed by atoms with van der Waals surface area (Å²) < 4.78 is 5.45. The molecule has 0 radical (unpaired) electrons. The molecule has 1 fully saturated rings. The predicted octanol–water partition coefficient (Wildman–Crippen LogP) is 3.45. The molecule has 0 unspecified atom stereocenters. The smallest absolute Gasteiger partial charge is 0.255 e. The van der Waals surface area contributed by atoms with Crippen LogP contribution in [0, 0.1) is 0 Å². The van der Waals surface area contributed by atoms with Gasteiger partial charge in [0.05, 0.1) is 23.6 Å². The lowest BCUT2D eigenvalue weighted by molar-refractivity contribution is -0.133. The van der Waals surface area contributed by atoms with Gasteiger partial charge >= 0.3 is 0 Å². The topological polar surface area (TPSA) is 70.1 Å². The van der Waals surface area contributed by atoms with Gasteiger partial charge in [-0.15, -0.1) is 0 Å². The van der Waals surface area contributed by atoms with Crippen molar-refractivity contribution in [1.29, 1.82) is 0 Å². The van der Waals surface area contributed by atoms with Gasteiger partial charge in [0, 0.05) is 31.2 Å². The second-order valence-electron chi connectivity index (χ2n) is 6.36. The number of nitrogens with zero attached hydrogens (tertiary/aromatic N) is 2. The average molecular weight is 423 g/mol. The lowest BCUT2D eigenvalue weighted by Crippen LogP contribution is -2.50. The number of carbonyl (C=O) groups excluding carboxylic acids is 2. The highest BCUT2D eigenvalue weighted by molar-refractivity contribution is 6.36. The van der Waals surface area contributed by atoms with E-state index < -0.39 is 0 Å². The van der Waals surface area contributed by atoms with E-state index >= 15 is 0 Å². The molecular formula is C20H20Cl2N2O4. The maximum Gasteiger partial charge on any atom is 0.255 e. The number of ether oxygens (including phenoxy) is 1. The first-order valence-corrected chi connectivity index (χ1v) is 9.64. The number of para-hydroxylation sites is 2. The fraction of sp³-hybridized carbons (Fsp3) is 0.300. The van der Waals surface area contributed by atoms with Crippen molar-refractivity contribution in [2.75, 3.05) is 32.8 Å². The summed E-state index contributed by atoms with van der Waals surface area (Å²) in [6.45, 7) is 1.95. The molecular weight excluding hydrogens is 403 g/mol. The molecule has 0 bridgehead atoms. The standard InChI is InChI=1S/C20H20Cl2N2O4/c21-14-5-6-15(16(22)13-14)20(27)24-10-8-23(9-11-24)19(26)7-12-28-18-4-2-1-3-17(18)25/h1-6,13,25H,7-12H2. The zero-order valence-corrected chi connectivity index (χ0v) is 16.6. The summed E-state index contributed by atoms with van der Waals surface area (Å²) in [6, 6.07) is 11.4. The summed E-state index contributed by atoms with van der Waals surface area (Å²) in [5, 5.41) is 10.5. The molecule has 3 rings (SSSR count). The van der Waals surface area contributed by atoms with Crippen molar-refractivity contribution in [2.24, 2.45) is 0 Å². The third kappa shape index (κ3) is 4.88. The first kappa shape index (κ1) is 20.3. The van der Waals surface area contributed by atoms with Crippen LogP contribution in [0.4, 0.5) is 0 Å². The van der Waals surface area contributed by atoms with Crippen molar-refractivity contribution in [2.45, 2.75) is 6.42 Å². The van der Waals surface area contributed by atoms with Gasteiger partial charge in [0.1, 0.15) is 0 Å². The Kier molecular flexibility index (Phi) is 6.65. The Morgan fingerprint density at radius 1 is 1.00 bits per heavy atom. The van der Waals surface area contributed by atoms with Gasteiger partial charge in [0.25, 0.3) is 5.91 Å². The highest BCUT2D eigenvalue weighted by Gasteiger charge is 2.25. The first-order chi connectivity index (χ1) is 13.5. The molecule has 1 heterocycles. The van der Waals surface area contributed by atoms with Crippen LogP contribution in [0.5, 0.6) is 11.5 Å². The lowest BCUT2D eigenvalue weighted by Gasteiger charge is -2.35. The molecule has 1 N–H and O–H groups in total. The highest BCUT2D eigenvalue weighted by Crippen LogP contribution is 2.25. The number of amides is 2. The molecule has 1 aliphatic heterocycles. The second kappa shape index (κ2) is 9.17. The second-order valence-corrected chi connectivity index (χ2v) is 7.21. The van der Waals surface area contributed by atoms with E-state index in [1.807, 2.05) is 0 Å². The van der Waals surface area contributed by atoms with E-state index in [0.29, 0.717) is 47.5 Å². The number of aromatic hydroxyl groups is 1. The molecule has 8 heteroatoms. The maximum absolute atomic E-state index is 12.6. The van der Waals surface area contributed by atoms with Crippen LogP contribution in [0.3, 0.4) is 0 Å². The number of phenols is 1. The molecule has 2 aromatic rings. The van der Waals surface area contributed by atoms with Crippen LogP contribution in [-0.4, -0.2) is 59.5 Å². The normalized spacial score (nSPS) is 14.1. The van der Waals surface area contributed by atoms with Crippen LogP contribution in [0.25, 0.3) is 0 Å². The van der Waals surface area contributed by atoms with E-state index in [1.54, 1.807) is 46.2 Å². The van der Waals surface area contributed by atoms with Gasteiger partial charge in [-0.1, -0.05) is 35.3 Å². The number of rotatable bonds is 5. The monoisotopic (exact) mass is 422 g/mol. The Morgan fingerprint density at radius 2 is 1.68 bits per heavy atom. The molecule has 28 heavy (non-hydrogen) atoms. The van der Waals surface area contributed by atoms with E-state index in [4.69, 9.17) is 27.9 Å². The van der Waals surface area contributed by atoms with Gasteiger partial charge in [0.2, 0.25) is 5.91 Å². The van der Waals surface area contributed by atoms with E-state index in [0.717, 1.165) is 0 Å². The quantitative estimate of drug-likeness (QED) is 0.800. The highest BCUT2D eigenvalue weighted by atomic mass is 35.5. The van der Waals surface area contributed by atoms with Crippen molar-refractivity contribution in [3.05, 3.63) is 58.1 Å². The zero-order valence-electron chi connectivity index (χ0n) is 15.1. The molecule has 0 atom stereocenters. The number of piperazine rings is 1. The zero-order chi connectivity index (χ0) is 20.1. The summed E-state index contributed by atoms with van der Waals surface area (Å²) in [5.74, 6) is 0.178. The molecule has 2 aromatic carbocycles. The van der Waals surface area contributed by atoms with Crippen LogP contribution >= 0.6 is 23.2 Å². The minimum atomic E-state index is -0.170. The van der Waals surface area contributed by atoms with E-state index in [2.05, 4.69) is 0 Å². The first-order valence-electron chi connectivity index (χ1n) is 8.88. The molecule has 0 aromatic heterocycles. The van der Waals surface area contributed by atoms with E-state index in [9.17, 15) is 14.7 Å². The van der Waals surface area contributed by atoms with Crippen LogP contribution < -0.4 is 4.74 Å². The predicted molar refractivity (Wildman–Crippen MR) is 107 cm³/mol. The van der Waals surface area contributed by atoms with E-state index in [-0.39, 0.29) is 30.6 Å².